The first-order valence-electron chi connectivity index (χ1n) is 6.21. The van der Waals surface area contributed by atoms with Crippen molar-refractivity contribution in [3.63, 3.8) is 0 Å². The van der Waals surface area contributed by atoms with Crippen LogP contribution < -0.4 is 10.1 Å². The molecule has 108 valence electrons. The molecule has 0 bridgehead atoms. The summed E-state index contributed by atoms with van der Waals surface area (Å²) in [6.45, 7) is 5.69. The highest BCUT2D eigenvalue weighted by Gasteiger charge is 2.23. The van der Waals surface area contributed by atoms with E-state index in [2.05, 4.69) is 21.2 Å². The first-order valence-corrected chi connectivity index (χ1v) is 7.01. The van der Waals surface area contributed by atoms with Crippen LogP contribution in [-0.4, -0.2) is 24.1 Å². The highest BCUT2D eigenvalue weighted by molar-refractivity contribution is 9.10. The molecule has 0 spiro atoms. The van der Waals surface area contributed by atoms with Crippen molar-refractivity contribution in [3.05, 3.63) is 27.7 Å². The van der Waals surface area contributed by atoms with E-state index in [1.54, 1.807) is 32.9 Å². The average molecular weight is 342 g/mol. The number of amides is 1. The SMILES string of the molecule is CC(C)(C)OC(=O)COc1cc(Br)c2c(c1)C(=O)NC2. The van der Waals surface area contributed by atoms with E-state index in [4.69, 9.17) is 9.47 Å². The molecule has 5 nitrogen and oxygen atoms in total. The van der Waals surface area contributed by atoms with Crippen molar-refractivity contribution in [1.29, 1.82) is 0 Å². The van der Waals surface area contributed by atoms with E-state index < -0.39 is 11.6 Å². The summed E-state index contributed by atoms with van der Waals surface area (Å²) in [5.74, 6) is -0.125. The summed E-state index contributed by atoms with van der Waals surface area (Å²) in [5, 5.41) is 2.73. The molecule has 1 aromatic carbocycles. The molecular formula is C14H16BrNO4. The van der Waals surface area contributed by atoms with Crippen LogP contribution in [0.5, 0.6) is 5.75 Å². The number of carbonyl (C=O) groups excluding carboxylic acids is 2. The Hall–Kier alpha value is -1.56. The van der Waals surface area contributed by atoms with Gasteiger partial charge in [-0.15, -0.1) is 0 Å². The highest BCUT2D eigenvalue weighted by atomic mass is 79.9. The minimum atomic E-state index is -0.543. The maximum absolute atomic E-state index is 11.6. The lowest BCUT2D eigenvalue weighted by atomic mass is 10.1. The minimum Gasteiger partial charge on any atom is -0.482 e. The third-order valence-electron chi connectivity index (χ3n) is 2.62. The molecule has 1 aromatic rings. The van der Waals surface area contributed by atoms with Crippen LogP contribution in [0.1, 0.15) is 36.7 Å². The first-order chi connectivity index (χ1) is 9.26. The van der Waals surface area contributed by atoms with Gasteiger partial charge in [0.25, 0.3) is 5.91 Å². The van der Waals surface area contributed by atoms with Gasteiger partial charge in [0.2, 0.25) is 0 Å². The second kappa shape index (κ2) is 5.44. The number of hydrogen-bond acceptors (Lipinski definition) is 4. The fourth-order valence-corrected chi connectivity index (χ4v) is 2.43. The maximum Gasteiger partial charge on any atom is 0.344 e. The van der Waals surface area contributed by atoms with Gasteiger partial charge in [-0.25, -0.2) is 4.79 Å². The average Bonchev–Trinajstić information content (AvgIpc) is 2.67. The number of nitrogens with one attached hydrogen (secondary N) is 1. The summed E-state index contributed by atoms with van der Waals surface area (Å²) in [6.07, 6.45) is 0. The lowest BCUT2D eigenvalue weighted by Gasteiger charge is -2.19. The van der Waals surface area contributed by atoms with Gasteiger partial charge in [0.05, 0.1) is 0 Å². The molecule has 1 N–H and O–H groups in total. The zero-order valence-corrected chi connectivity index (χ0v) is 13.2. The number of ether oxygens (including phenoxy) is 2. The highest BCUT2D eigenvalue weighted by Crippen LogP contribution is 2.30. The summed E-state index contributed by atoms with van der Waals surface area (Å²) in [5.41, 5.74) is 0.928. The number of carbonyl (C=O) groups is 2. The normalized spacial score (nSPS) is 13.7. The Labute approximate surface area is 125 Å². The third kappa shape index (κ3) is 3.50. The summed E-state index contributed by atoms with van der Waals surface area (Å²) < 4.78 is 11.3. The predicted molar refractivity (Wildman–Crippen MR) is 76.7 cm³/mol. The summed E-state index contributed by atoms with van der Waals surface area (Å²) >= 11 is 3.39. The van der Waals surface area contributed by atoms with E-state index in [0.29, 0.717) is 17.9 Å². The van der Waals surface area contributed by atoms with Gasteiger partial charge in [-0.1, -0.05) is 15.9 Å². The van der Waals surface area contributed by atoms with Crippen molar-refractivity contribution >= 4 is 27.8 Å². The molecule has 0 aromatic heterocycles. The predicted octanol–water partition coefficient (Wildman–Crippen LogP) is 2.41. The molecule has 1 heterocycles. The second-order valence-electron chi connectivity index (χ2n) is 5.49. The number of rotatable bonds is 3. The van der Waals surface area contributed by atoms with Crippen LogP contribution in [0.2, 0.25) is 0 Å². The fraction of sp³-hybridized carbons (Fsp3) is 0.429. The van der Waals surface area contributed by atoms with Crippen LogP contribution in [0.15, 0.2) is 16.6 Å². The molecule has 6 heteroatoms. The Morgan fingerprint density at radius 3 is 2.75 bits per heavy atom. The van der Waals surface area contributed by atoms with Crippen molar-refractivity contribution < 1.29 is 19.1 Å². The fourth-order valence-electron chi connectivity index (χ4n) is 1.85. The molecule has 0 unspecified atom stereocenters. The molecule has 0 saturated carbocycles. The van der Waals surface area contributed by atoms with E-state index in [1.165, 1.54) is 0 Å². The zero-order valence-electron chi connectivity index (χ0n) is 11.6. The molecule has 0 atom stereocenters. The van der Waals surface area contributed by atoms with Crippen LogP contribution in [0.25, 0.3) is 0 Å². The Bertz CT molecular complexity index is 563. The minimum absolute atomic E-state index is 0.136. The van der Waals surface area contributed by atoms with Gasteiger partial charge >= 0.3 is 5.97 Å². The number of hydrogen-bond donors (Lipinski definition) is 1. The summed E-state index contributed by atoms with van der Waals surface area (Å²) in [6, 6.07) is 3.37. The third-order valence-corrected chi connectivity index (χ3v) is 3.32. The largest absolute Gasteiger partial charge is 0.482 e. The van der Waals surface area contributed by atoms with E-state index in [9.17, 15) is 9.59 Å². The molecule has 1 aliphatic heterocycles. The number of halogens is 1. The van der Waals surface area contributed by atoms with Crippen LogP contribution >= 0.6 is 15.9 Å². The molecule has 0 radical (unpaired) electrons. The van der Waals surface area contributed by atoms with Gasteiger partial charge in [-0.2, -0.15) is 0 Å². The van der Waals surface area contributed by atoms with E-state index in [0.717, 1.165) is 10.0 Å². The molecule has 0 aliphatic carbocycles. The van der Waals surface area contributed by atoms with Gasteiger partial charge in [0.1, 0.15) is 11.4 Å². The molecule has 1 aliphatic rings. The van der Waals surface area contributed by atoms with E-state index >= 15 is 0 Å². The van der Waals surface area contributed by atoms with Gasteiger partial charge in [-0.05, 0) is 38.5 Å². The van der Waals surface area contributed by atoms with Crippen molar-refractivity contribution in [2.45, 2.75) is 32.9 Å². The first kappa shape index (κ1) is 14.8. The molecule has 1 amide bonds. The quantitative estimate of drug-likeness (QED) is 0.857. The Balaban J connectivity index is 2.05. The summed E-state index contributed by atoms with van der Waals surface area (Å²) in [4.78, 5) is 23.2. The smallest absolute Gasteiger partial charge is 0.344 e. The van der Waals surface area contributed by atoms with Crippen LogP contribution in [0.3, 0.4) is 0 Å². The van der Waals surface area contributed by atoms with Crippen molar-refractivity contribution in [2.24, 2.45) is 0 Å². The Morgan fingerprint density at radius 1 is 1.40 bits per heavy atom. The monoisotopic (exact) mass is 341 g/mol. The van der Waals surface area contributed by atoms with Gasteiger partial charge < -0.3 is 14.8 Å². The van der Waals surface area contributed by atoms with Crippen LogP contribution in [0.4, 0.5) is 0 Å². The van der Waals surface area contributed by atoms with Crippen LogP contribution in [-0.2, 0) is 16.1 Å². The van der Waals surface area contributed by atoms with Gasteiger partial charge in [0, 0.05) is 16.6 Å². The Kier molecular flexibility index (Phi) is 4.04. The van der Waals surface area contributed by atoms with Crippen molar-refractivity contribution in [1.82, 2.24) is 5.32 Å². The van der Waals surface area contributed by atoms with Crippen LogP contribution in [0, 0.1) is 0 Å². The lowest BCUT2D eigenvalue weighted by molar-refractivity contribution is -0.157. The lowest BCUT2D eigenvalue weighted by Crippen LogP contribution is -2.27. The topological polar surface area (TPSA) is 64.6 Å². The molecule has 0 saturated heterocycles. The van der Waals surface area contributed by atoms with Crippen molar-refractivity contribution in [3.8, 4) is 5.75 Å². The number of esters is 1. The van der Waals surface area contributed by atoms with E-state index in [-0.39, 0.29) is 12.5 Å². The molecule has 2 rings (SSSR count). The zero-order chi connectivity index (χ0) is 14.9. The van der Waals surface area contributed by atoms with Gasteiger partial charge in [0.15, 0.2) is 6.61 Å². The second-order valence-corrected chi connectivity index (χ2v) is 6.34. The van der Waals surface area contributed by atoms with E-state index in [1.807, 2.05) is 0 Å². The molecule has 20 heavy (non-hydrogen) atoms. The number of benzene rings is 1. The number of fused-ring (bicyclic) bond motifs is 1. The Morgan fingerprint density at radius 2 is 2.10 bits per heavy atom. The van der Waals surface area contributed by atoms with Gasteiger partial charge in [-0.3, -0.25) is 4.79 Å². The standard InChI is InChI=1S/C14H16BrNO4/c1-14(2,3)20-12(17)7-19-8-4-9-10(11(15)5-8)6-16-13(9)18/h4-5H,6-7H2,1-3H3,(H,16,18). The van der Waals surface area contributed by atoms with Crippen molar-refractivity contribution in [2.75, 3.05) is 6.61 Å². The molecule has 0 fully saturated rings. The maximum atomic E-state index is 11.6. The molecular weight excluding hydrogens is 326 g/mol. The summed E-state index contributed by atoms with van der Waals surface area (Å²) in [7, 11) is 0.